The van der Waals surface area contributed by atoms with Gasteiger partial charge < -0.3 is 15.7 Å². The maximum atomic E-state index is 12.9. The fraction of sp³-hybridized carbons (Fsp3) is 0.385. The van der Waals surface area contributed by atoms with Crippen molar-refractivity contribution in [1.29, 1.82) is 0 Å². The topological polar surface area (TPSA) is 78.4 Å². The molecular formula is C13H17FN2O3. The van der Waals surface area contributed by atoms with Gasteiger partial charge in [0.05, 0.1) is 0 Å². The molecule has 0 saturated heterocycles. The second-order valence-corrected chi connectivity index (χ2v) is 4.67. The van der Waals surface area contributed by atoms with Crippen molar-refractivity contribution >= 4 is 17.6 Å². The first-order chi connectivity index (χ1) is 8.81. The van der Waals surface area contributed by atoms with Gasteiger partial charge >= 0.3 is 5.97 Å². The van der Waals surface area contributed by atoms with E-state index in [0.717, 1.165) is 0 Å². The van der Waals surface area contributed by atoms with Crippen LogP contribution in [0.15, 0.2) is 24.3 Å². The molecule has 0 heterocycles. The van der Waals surface area contributed by atoms with E-state index < -0.39 is 17.3 Å². The minimum Gasteiger partial charge on any atom is -0.480 e. The van der Waals surface area contributed by atoms with Gasteiger partial charge in [-0.3, -0.25) is 9.59 Å². The summed E-state index contributed by atoms with van der Waals surface area (Å²) < 4.78 is 12.9. The summed E-state index contributed by atoms with van der Waals surface area (Å²) in [7, 11) is 0. The molecule has 0 aromatic heterocycles. The lowest BCUT2D eigenvalue weighted by atomic mass is 10.1. The molecule has 0 unspecified atom stereocenters. The Hall–Kier alpha value is -1.95. The highest BCUT2D eigenvalue weighted by molar-refractivity contribution is 5.90. The molecule has 0 spiro atoms. The Morgan fingerprint density at radius 2 is 2.05 bits per heavy atom. The van der Waals surface area contributed by atoms with Crippen LogP contribution in [0.4, 0.5) is 10.1 Å². The summed E-state index contributed by atoms with van der Waals surface area (Å²) in [5.74, 6) is -1.72. The van der Waals surface area contributed by atoms with E-state index >= 15 is 0 Å². The fourth-order valence-electron chi connectivity index (χ4n) is 1.35. The first-order valence-corrected chi connectivity index (χ1v) is 5.85. The van der Waals surface area contributed by atoms with Crippen LogP contribution in [-0.4, -0.2) is 29.1 Å². The second-order valence-electron chi connectivity index (χ2n) is 4.67. The largest absolute Gasteiger partial charge is 0.480 e. The van der Waals surface area contributed by atoms with Gasteiger partial charge in [-0.25, -0.2) is 4.39 Å². The standard InChI is InChI=1S/C13H17FN2O3/c1-13(2,12(18)19)15-7-6-11(17)16-10-5-3-4-9(14)8-10/h3-5,8,15H,6-7H2,1-2H3,(H,16,17)(H,18,19). The van der Waals surface area contributed by atoms with Gasteiger partial charge in [-0.2, -0.15) is 0 Å². The lowest BCUT2D eigenvalue weighted by molar-refractivity contribution is -0.143. The van der Waals surface area contributed by atoms with Crippen LogP contribution >= 0.6 is 0 Å². The third-order valence-corrected chi connectivity index (χ3v) is 2.56. The zero-order valence-electron chi connectivity index (χ0n) is 10.9. The lowest BCUT2D eigenvalue weighted by Crippen LogP contribution is -2.47. The van der Waals surface area contributed by atoms with Crippen LogP contribution in [0.1, 0.15) is 20.3 Å². The van der Waals surface area contributed by atoms with Crippen molar-refractivity contribution < 1.29 is 19.1 Å². The van der Waals surface area contributed by atoms with E-state index in [4.69, 9.17) is 5.11 Å². The minimum absolute atomic E-state index is 0.104. The molecule has 5 nitrogen and oxygen atoms in total. The molecule has 0 radical (unpaired) electrons. The van der Waals surface area contributed by atoms with Crippen LogP contribution in [0.2, 0.25) is 0 Å². The number of hydrogen-bond acceptors (Lipinski definition) is 3. The third kappa shape index (κ3) is 5.05. The molecule has 104 valence electrons. The van der Waals surface area contributed by atoms with E-state index in [9.17, 15) is 14.0 Å². The van der Waals surface area contributed by atoms with E-state index in [1.54, 1.807) is 6.07 Å². The van der Waals surface area contributed by atoms with Gasteiger partial charge in [-0.15, -0.1) is 0 Å². The van der Waals surface area contributed by atoms with E-state index in [1.807, 2.05) is 0 Å². The highest BCUT2D eigenvalue weighted by atomic mass is 19.1. The van der Waals surface area contributed by atoms with Gasteiger partial charge in [0.25, 0.3) is 0 Å². The molecule has 1 amide bonds. The Labute approximate surface area is 110 Å². The van der Waals surface area contributed by atoms with Crippen molar-refractivity contribution in [3.63, 3.8) is 0 Å². The average Bonchev–Trinajstić information content (AvgIpc) is 2.28. The number of amides is 1. The Bertz CT molecular complexity index is 475. The van der Waals surface area contributed by atoms with Gasteiger partial charge in [0.2, 0.25) is 5.91 Å². The molecule has 0 bridgehead atoms. The molecule has 1 aromatic rings. The summed E-state index contributed by atoms with van der Waals surface area (Å²) in [6.07, 6.45) is 0.104. The van der Waals surface area contributed by atoms with Crippen molar-refractivity contribution in [1.82, 2.24) is 5.32 Å². The van der Waals surface area contributed by atoms with Crippen LogP contribution in [0, 0.1) is 5.82 Å². The molecular weight excluding hydrogens is 251 g/mol. The van der Waals surface area contributed by atoms with Gasteiger partial charge in [-0.05, 0) is 32.0 Å². The second kappa shape index (κ2) is 6.29. The van der Waals surface area contributed by atoms with Crippen LogP contribution in [0.3, 0.4) is 0 Å². The van der Waals surface area contributed by atoms with Gasteiger partial charge in [0, 0.05) is 18.7 Å². The number of benzene rings is 1. The first kappa shape index (κ1) is 15.1. The maximum absolute atomic E-state index is 12.9. The number of carbonyl (C=O) groups is 2. The summed E-state index contributed by atoms with van der Waals surface area (Å²) >= 11 is 0. The highest BCUT2D eigenvalue weighted by Crippen LogP contribution is 2.09. The molecule has 6 heteroatoms. The summed E-state index contributed by atoms with van der Waals surface area (Å²) in [6, 6.07) is 5.57. The molecule has 0 atom stereocenters. The Kier molecular flexibility index (Phi) is 5.00. The number of anilines is 1. The molecule has 0 aliphatic rings. The van der Waals surface area contributed by atoms with Crippen molar-refractivity contribution in [2.75, 3.05) is 11.9 Å². The molecule has 19 heavy (non-hydrogen) atoms. The molecule has 0 saturated carbocycles. The number of halogens is 1. The Balaban J connectivity index is 2.39. The molecule has 0 aliphatic heterocycles. The van der Waals surface area contributed by atoms with Crippen LogP contribution in [0.5, 0.6) is 0 Å². The maximum Gasteiger partial charge on any atom is 0.323 e. The van der Waals surface area contributed by atoms with Gasteiger partial charge in [0.1, 0.15) is 11.4 Å². The Morgan fingerprint density at radius 3 is 2.63 bits per heavy atom. The first-order valence-electron chi connectivity index (χ1n) is 5.85. The number of rotatable bonds is 6. The smallest absolute Gasteiger partial charge is 0.323 e. The summed E-state index contributed by atoms with van der Waals surface area (Å²) in [5.41, 5.74) is -0.707. The molecule has 1 rings (SSSR count). The summed E-state index contributed by atoms with van der Waals surface area (Å²) in [5, 5.41) is 14.2. The van der Waals surface area contributed by atoms with E-state index in [1.165, 1.54) is 32.0 Å². The zero-order chi connectivity index (χ0) is 14.5. The van der Waals surface area contributed by atoms with Gasteiger partial charge in [0.15, 0.2) is 0 Å². The van der Waals surface area contributed by atoms with Crippen molar-refractivity contribution in [2.24, 2.45) is 0 Å². The molecule has 3 N–H and O–H groups in total. The number of carboxylic acid groups (broad SMARTS) is 1. The molecule has 0 fully saturated rings. The van der Waals surface area contributed by atoms with E-state index in [2.05, 4.69) is 10.6 Å². The number of carbonyl (C=O) groups excluding carboxylic acids is 1. The number of carboxylic acids is 1. The minimum atomic E-state index is -1.08. The average molecular weight is 268 g/mol. The normalized spacial score (nSPS) is 11.1. The quantitative estimate of drug-likeness (QED) is 0.732. The predicted molar refractivity (Wildman–Crippen MR) is 69.4 cm³/mol. The fourth-order valence-corrected chi connectivity index (χ4v) is 1.35. The van der Waals surface area contributed by atoms with E-state index in [-0.39, 0.29) is 18.9 Å². The summed E-state index contributed by atoms with van der Waals surface area (Å²) in [4.78, 5) is 22.4. The lowest BCUT2D eigenvalue weighted by Gasteiger charge is -2.20. The number of aliphatic carboxylic acids is 1. The summed E-state index contributed by atoms with van der Waals surface area (Å²) in [6.45, 7) is 3.25. The van der Waals surface area contributed by atoms with Crippen molar-refractivity contribution in [2.45, 2.75) is 25.8 Å². The van der Waals surface area contributed by atoms with Crippen molar-refractivity contribution in [3.05, 3.63) is 30.1 Å². The number of nitrogens with one attached hydrogen (secondary N) is 2. The van der Waals surface area contributed by atoms with Crippen LogP contribution in [0.25, 0.3) is 0 Å². The van der Waals surface area contributed by atoms with Crippen LogP contribution in [-0.2, 0) is 9.59 Å². The number of hydrogen-bond donors (Lipinski definition) is 3. The SMILES string of the molecule is CC(C)(NCCC(=O)Nc1cccc(F)c1)C(=O)O. The van der Waals surface area contributed by atoms with Gasteiger partial charge in [-0.1, -0.05) is 6.07 Å². The monoisotopic (exact) mass is 268 g/mol. The third-order valence-electron chi connectivity index (χ3n) is 2.56. The highest BCUT2D eigenvalue weighted by Gasteiger charge is 2.25. The predicted octanol–water partition coefficient (Wildman–Crippen LogP) is 1.61. The Morgan fingerprint density at radius 1 is 1.37 bits per heavy atom. The molecule has 0 aliphatic carbocycles. The molecule has 1 aromatic carbocycles. The zero-order valence-corrected chi connectivity index (χ0v) is 10.9. The van der Waals surface area contributed by atoms with Crippen LogP contribution < -0.4 is 10.6 Å². The van der Waals surface area contributed by atoms with Crippen molar-refractivity contribution in [3.8, 4) is 0 Å². The van der Waals surface area contributed by atoms with E-state index in [0.29, 0.717) is 5.69 Å².